The molecule has 0 aliphatic carbocycles. The average molecular weight is 326 g/mol. The number of para-hydroxylation sites is 2. The van der Waals surface area contributed by atoms with Gasteiger partial charge in [0.2, 0.25) is 0 Å². The van der Waals surface area contributed by atoms with Crippen molar-refractivity contribution in [1.82, 2.24) is 9.55 Å². The number of hydrogen-bond acceptors (Lipinski definition) is 4. The molecule has 0 saturated carbocycles. The van der Waals surface area contributed by atoms with E-state index in [9.17, 15) is 4.79 Å². The molecule has 23 heavy (non-hydrogen) atoms. The number of ether oxygens (including phenoxy) is 1. The summed E-state index contributed by atoms with van der Waals surface area (Å²) in [4.78, 5) is 16.9. The second kappa shape index (κ2) is 6.87. The minimum absolute atomic E-state index is 0.0158. The quantitative estimate of drug-likeness (QED) is 0.409. The maximum Gasteiger partial charge on any atom is 0.261 e. The zero-order valence-corrected chi connectivity index (χ0v) is 14.0. The molecule has 3 aromatic rings. The number of nitrogens with zero attached hydrogens (tertiary/aromatic N) is 2. The SMILES string of the molecule is Cc1ccccc1OCCSc1nc2ccccc2c(=O)n1C. The van der Waals surface area contributed by atoms with Crippen molar-refractivity contribution in [3.8, 4) is 5.75 Å². The van der Waals surface area contributed by atoms with E-state index in [4.69, 9.17) is 4.74 Å². The fraction of sp³-hybridized carbons (Fsp3) is 0.222. The van der Waals surface area contributed by atoms with Crippen molar-refractivity contribution in [3.63, 3.8) is 0 Å². The molecule has 0 amide bonds. The lowest BCUT2D eigenvalue weighted by Crippen LogP contribution is -2.20. The van der Waals surface area contributed by atoms with Gasteiger partial charge >= 0.3 is 0 Å². The highest BCUT2D eigenvalue weighted by atomic mass is 32.2. The van der Waals surface area contributed by atoms with E-state index >= 15 is 0 Å². The van der Waals surface area contributed by atoms with Gasteiger partial charge in [0.15, 0.2) is 5.16 Å². The van der Waals surface area contributed by atoms with Gasteiger partial charge in [0, 0.05) is 12.8 Å². The topological polar surface area (TPSA) is 44.1 Å². The van der Waals surface area contributed by atoms with Crippen LogP contribution in [0.2, 0.25) is 0 Å². The van der Waals surface area contributed by atoms with E-state index < -0.39 is 0 Å². The monoisotopic (exact) mass is 326 g/mol. The Balaban J connectivity index is 1.69. The van der Waals surface area contributed by atoms with Crippen molar-refractivity contribution >= 4 is 22.7 Å². The normalized spacial score (nSPS) is 10.9. The molecule has 1 aromatic heterocycles. The van der Waals surface area contributed by atoms with Crippen LogP contribution in [-0.2, 0) is 7.05 Å². The van der Waals surface area contributed by atoms with Crippen molar-refractivity contribution in [2.75, 3.05) is 12.4 Å². The molecule has 0 atom stereocenters. The summed E-state index contributed by atoms with van der Waals surface area (Å²) in [6.45, 7) is 2.59. The molecule has 0 N–H and O–H groups in total. The summed E-state index contributed by atoms with van der Waals surface area (Å²) in [6, 6.07) is 15.4. The van der Waals surface area contributed by atoms with Crippen LogP contribution >= 0.6 is 11.8 Å². The molecular weight excluding hydrogens is 308 g/mol. The number of aryl methyl sites for hydroxylation is 1. The second-order valence-corrected chi connectivity index (χ2v) is 6.30. The minimum atomic E-state index is -0.0158. The Bertz CT molecular complexity index is 890. The first-order chi connectivity index (χ1) is 11.2. The van der Waals surface area contributed by atoms with Gasteiger partial charge < -0.3 is 4.74 Å². The molecule has 0 bridgehead atoms. The molecule has 0 unspecified atom stereocenters. The molecular formula is C18H18N2O2S. The zero-order chi connectivity index (χ0) is 16.2. The number of thioether (sulfide) groups is 1. The van der Waals surface area contributed by atoms with E-state index in [2.05, 4.69) is 4.98 Å². The molecule has 4 nitrogen and oxygen atoms in total. The van der Waals surface area contributed by atoms with E-state index in [-0.39, 0.29) is 5.56 Å². The summed E-state index contributed by atoms with van der Waals surface area (Å²) in [5.41, 5.74) is 1.84. The molecule has 3 rings (SSSR count). The van der Waals surface area contributed by atoms with Gasteiger partial charge in [0.05, 0.1) is 17.5 Å². The average Bonchev–Trinajstić information content (AvgIpc) is 2.57. The smallest absolute Gasteiger partial charge is 0.261 e. The molecule has 2 aromatic carbocycles. The van der Waals surface area contributed by atoms with Crippen molar-refractivity contribution in [3.05, 3.63) is 64.4 Å². The van der Waals surface area contributed by atoms with Crippen LogP contribution in [0.5, 0.6) is 5.75 Å². The van der Waals surface area contributed by atoms with Gasteiger partial charge in [0.25, 0.3) is 5.56 Å². The first kappa shape index (κ1) is 15.6. The van der Waals surface area contributed by atoms with Crippen LogP contribution in [0.15, 0.2) is 58.5 Å². The van der Waals surface area contributed by atoms with Crippen LogP contribution in [0.25, 0.3) is 10.9 Å². The van der Waals surface area contributed by atoms with E-state index in [1.165, 1.54) is 11.8 Å². The fourth-order valence-corrected chi connectivity index (χ4v) is 3.12. The van der Waals surface area contributed by atoms with Crippen molar-refractivity contribution in [2.24, 2.45) is 7.05 Å². The lowest BCUT2D eigenvalue weighted by Gasteiger charge is -2.10. The van der Waals surface area contributed by atoms with Crippen LogP contribution in [0.4, 0.5) is 0 Å². The first-order valence-electron chi connectivity index (χ1n) is 7.44. The van der Waals surface area contributed by atoms with Gasteiger partial charge in [-0.15, -0.1) is 0 Å². The first-order valence-corrected chi connectivity index (χ1v) is 8.42. The van der Waals surface area contributed by atoms with Crippen molar-refractivity contribution < 1.29 is 4.74 Å². The van der Waals surface area contributed by atoms with E-state index in [0.717, 1.165) is 22.6 Å². The summed E-state index contributed by atoms with van der Waals surface area (Å²) in [6.07, 6.45) is 0. The van der Waals surface area contributed by atoms with Gasteiger partial charge in [-0.3, -0.25) is 9.36 Å². The molecule has 0 spiro atoms. The third-order valence-corrected chi connectivity index (χ3v) is 4.60. The molecule has 0 fully saturated rings. The third kappa shape index (κ3) is 3.40. The maximum absolute atomic E-state index is 12.3. The number of fused-ring (bicyclic) bond motifs is 1. The predicted molar refractivity (Wildman–Crippen MR) is 94.4 cm³/mol. The lowest BCUT2D eigenvalue weighted by molar-refractivity contribution is 0.341. The van der Waals surface area contributed by atoms with Crippen molar-refractivity contribution in [1.29, 1.82) is 0 Å². The largest absolute Gasteiger partial charge is 0.492 e. The van der Waals surface area contributed by atoms with Crippen LogP contribution in [0.3, 0.4) is 0 Å². The highest BCUT2D eigenvalue weighted by Crippen LogP contribution is 2.19. The Labute approximate surface area is 139 Å². The maximum atomic E-state index is 12.3. The molecule has 0 radical (unpaired) electrons. The fourth-order valence-electron chi connectivity index (χ4n) is 2.33. The van der Waals surface area contributed by atoms with Gasteiger partial charge in [-0.1, -0.05) is 42.1 Å². The standard InChI is InChI=1S/C18H18N2O2S/c1-13-7-3-6-10-16(13)22-11-12-23-18-19-15-9-5-4-8-14(15)17(21)20(18)2/h3-10H,11-12H2,1-2H3. The van der Waals surface area contributed by atoms with Gasteiger partial charge in [-0.2, -0.15) is 0 Å². The van der Waals surface area contributed by atoms with Crippen LogP contribution in [-0.4, -0.2) is 21.9 Å². The summed E-state index contributed by atoms with van der Waals surface area (Å²) >= 11 is 1.53. The van der Waals surface area contributed by atoms with Crippen molar-refractivity contribution in [2.45, 2.75) is 12.1 Å². The molecule has 5 heteroatoms. The minimum Gasteiger partial charge on any atom is -0.492 e. The highest BCUT2D eigenvalue weighted by Gasteiger charge is 2.08. The summed E-state index contributed by atoms with van der Waals surface area (Å²) in [5.74, 6) is 1.63. The van der Waals surface area contributed by atoms with E-state index in [0.29, 0.717) is 17.1 Å². The third-order valence-electron chi connectivity index (χ3n) is 3.61. The van der Waals surface area contributed by atoms with Gasteiger partial charge in [-0.05, 0) is 30.7 Å². The summed E-state index contributed by atoms with van der Waals surface area (Å²) < 4.78 is 7.38. The summed E-state index contributed by atoms with van der Waals surface area (Å²) in [5, 5.41) is 1.36. The second-order valence-electron chi connectivity index (χ2n) is 5.24. The molecule has 0 aliphatic heterocycles. The van der Waals surface area contributed by atoms with E-state index in [1.807, 2.05) is 49.4 Å². The van der Waals surface area contributed by atoms with Gasteiger partial charge in [-0.25, -0.2) is 4.98 Å². The Morgan fingerprint density at radius 2 is 1.87 bits per heavy atom. The summed E-state index contributed by atoms with van der Waals surface area (Å²) in [7, 11) is 1.76. The Morgan fingerprint density at radius 1 is 1.13 bits per heavy atom. The molecule has 118 valence electrons. The molecule has 0 aliphatic rings. The molecule has 1 heterocycles. The highest BCUT2D eigenvalue weighted by molar-refractivity contribution is 7.99. The Morgan fingerprint density at radius 3 is 2.70 bits per heavy atom. The van der Waals surface area contributed by atoms with Crippen LogP contribution in [0.1, 0.15) is 5.56 Å². The molecule has 0 saturated heterocycles. The Hall–Kier alpha value is -2.27. The van der Waals surface area contributed by atoms with E-state index in [1.54, 1.807) is 17.7 Å². The van der Waals surface area contributed by atoms with Crippen LogP contribution in [0, 0.1) is 6.92 Å². The van der Waals surface area contributed by atoms with Crippen LogP contribution < -0.4 is 10.3 Å². The lowest BCUT2D eigenvalue weighted by atomic mass is 10.2. The number of rotatable bonds is 5. The number of hydrogen-bond donors (Lipinski definition) is 0. The van der Waals surface area contributed by atoms with Gasteiger partial charge in [0.1, 0.15) is 5.75 Å². The Kier molecular flexibility index (Phi) is 4.67. The zero-order valence-electron chi connectivity index (χ0n) is 13.2. The predicted octanol–water partition coefficient (Wildman–Crippen LogP) is 3.41. The number of benzene rings is 2. The number of aromatic nitrogens is 2.